The zero-order valence-electron chi connectivity index (χ0n) is 17.6. The van der Waals surface area contributed by atoms with Crippen molar-refractivity contribution in [2.75, 3.05) is 0 Å². The first-order valence-electron chi connectivity index (χ1n) is 10.9. The molecule has 0 radical (unpaired) electrons. The monoisotopic (exact) mass is 408 g/mol. The predicted octanol–water partition coefficient (Wildman–Crippen LogP) is 4.16. The molecular formula is C23H28N4O3. The summed E-state index contributed by atoms with van der Waals surface area (Å²) in [5.41, 5.74) is 2.68. The molecule has 0 spiro atoms. The van der Waals surface area contributed by atoms with Crippen LogP contribution in [-0.4, -0.2) is 26.1 Å². The Labute approximate surface area is 176 Å². The number of hydrogen-bond acceptors (Lipinski definition) is 4. The van der Waals surface area contributed by atoms with Gasteiger partial charge in [0.1, 0.15) is 11.4 Å². The number of aromatic nitrogens is 2. The third kappa shape index (κ3) is 3.30. The van der Waals surface area contributed by atoms with Gasteiger partial charge in [0, 0.05) is 11.1 Å². The molecule has 4 aliphatic carbocycles. The van der Waals surface area contributed by atoms with E-state index in [1.165, 1.54) is 19.3 Å². The second kappa shape index (κ2) is 6.93. The molecule has 4 bridgehead atoms. The number of carbonyl (C=O) groups is 1. The Hall–Kier alpha value is -2.70. The van der Waals surface area contributed by atoms with E-state index in [1.54, 1.807) is 18.5 Å². The third-order valence-electron chi connectivity index (χ3n) is 7.49. The normalized spacial score (nSPS) is 29.2. The van der Waals surface area contributed by atoms with Gasteiger partial charge in [0.15, 0.2) is 0 Å². The van der Waals surface area contributed by atoms with E-state index in [2.05, 4.69) is 10.4 Å². The van der Waals surface area contributed by atoms with Crippen LogP contribution in [0.1, 0.15) is 65.8 Å². The average molecular weight is 409 g/mol. The summed E-state index contributed by atoms with van der Waals surface area (Å²) in [6.07, 6.45) is 7.48. The SMILES string of the molecule is Cc1nn(Cc2ccc(C(=O)NC34CC5CC(CC(C5)C3)C4)cc2)c(C)c1[N+](=O)[O-]. The zero-order valence-corrected chi connectivity index (χ0v) is 17.6. The van der Waals surface area contributed by atoms with Crippen molar-refractivity contribution in [2.45, 2.75) is 64.5 Å². The van der Waals surface area contributed by atoms with Gasteiger partial charge in [0.2, 0.25) is 0 Å². The number of amides is 1. The Balaban J connectivity index is 1.28. The maximum Gasteiger partial charge on any atom is 0.312 e. The van der Waals surface area contributed by atoms with Crippen molar-refractivity contribution in [3.8, 4) is 0 Å². The quantitative estimate of drug-likeness (QED) is 0.594. The van der Waals surface area contributed by atoms with Gasteiger partial charge in [-0.05, 0) is 87.8 Å². The molecule has 0 atom stereocenters. The molecule has 30 heavy (non-hydrogen) atoms. The van der Waals surface area contributed by atoms with Gasteiger partial charge in [-0.2, -0.15) is 5.10 Å². The van der Waals surface area contributed by atoms with Crippen LogP contribution in [-0.2, 0) is 6.54 Å². The number of rotatable bonds is 5. The summed E-state index contributed by atoms with van der Waals surface area (Å²) >= 11 is 0. The second-order valence-electron chi connectivity index (χ2n) is 9.78. The van der Waals surface area contributed by atoms with Gasteiger partial charge >= 0.3 is 5.69 Å². The van der Waals surface area contributed by atoms with Gasteiger partial charge in [0.05, 0.1) is 11.5 Å². The molecule has 1 N–H and O–H groups in total. The molecule has 4 aliphatic rings. The van der Waals surface area contributed by atoms with Crippen LogP contribution >= 0.6 is 0 Å². The largest absolute Gasteiger partial charge is 0.347 e. The van der Waals surface area contributed by atoms with E-state index >= 15 is 0 Å². The number of nitro groups is 1. The van der Waals surface area contributed by atoms with Crippen molar-refractivity contribution in [1.29, 1.82) is 0 Å². The lowest BCUT2D eigenvalue weighted by molar-refractivity contribution is -0.386. The average Bonchev–Trinajstić information content (AvgIpc) is 2.94. The highest BCUT2D eigenvalue weighted by Crippen LogP contribution is 2.55. The van der Waals surface area contributed by atoms with E-state index in [4.69, 9.17) is 0 Å². The standard InChI is InChI=1S/C23H28N4O3/c1-14-21(27(29)30)15(2)26(25-14)13-16-3-5-20(6-4-16)22(28)24-23-10-17-7-18(11-23)9-19(8-17)12-23/h3-6,17-19H,7-13H2,1-2H3,(H,24,28). The van der Waals surface area contributed by atoms with E-state index in [9.17, 15) is 14.9 Å². The number of nitrogens with zero attached hydrogens (tertiary/aromatic N) is 3. The van der Waals surface area contributed by atoms with E-state index in [0.717, 1.165) is 42.6 Å². The number of benzene rings is 1. The maximum absolute atomic E-state index is 13.0. The van der Waals surface area contributed by atoms with Crippen molar-refractivity contribution < 1.29 is 9.72 Å². The van der Waals surface area contributed by atoms with E-state index in [-0.39, 0.29) is 22.1 Å². The lowest BCUT2D eigenvalue weighted by Gasteiger charge is -2.56. The van der Waals surface area contributed by atoms with Gasteiger partial charge in [0.25, 0.3) is 5.91 Å². The van der Waals surface area contributed by atoms with Crippen LogP contribution in [0.15, 0.2) is 24.3 Å². The lowest BCUT2D eigenvalue weighted by Crippen LogP contribution is -2.59. The Bertz CT molecular complexity index is 973. The minimum atomic E-state index is -0.383. The Morgan fingerprint density at radius 1 is 1.13 bits per heavy atom. The molecule has 6 rings (SSSR count). The van der Waals surface area contributed by atoms with Crippen molar-refractivity contribution in [3.63, 3.8) is 0 Å². The minimum absolute atomic E-state index is 0.00708. The van der Waals surface area contributed by atoms with Crippen LogP contribution in [0.5, 0.6) is 0 Å². The van der Waals surface area contributed by atoms with Crippen LogP contribution in [0.2, 0.25) is 0 Å². The summed E-state index contributed by atoms with van der Waals surface area (Å²) in [7, 11) is 0. The number of aryl methyl sites for hydroxylation is 1. The summed E-state index contributed by atoms with van der Waals surface area (Å²) in [5, 5.41) is 18.9. The number of nitrogens with one attached hydrogen (secondary N) is 1. The van der Waals surface area contributed by atoms with Crippen LogP contribution in [0.3, 0.4) is 0 Å². The molecule has 0 aliphatic heterocycles. The smallest absolute Gasteiger partial charge is 0.312 e. The molecular weight excluding hydrogens is 380 g/mol. The first-order valence-corrected chi connectivity index (χ1v) is 10.9. The zero-order chi connectivity index (χ0) is 21.0. The van der Waals surface area contributed by atoms with Gasteiger partial charge in [-0.25, -0.2) is 0 Å². The van der Waals surface area contributed by atoms with Gasteiger partial charge in [-0.1, -0.05) is 12.1 Å². The molecule has 2 aromatic rings. The molecule has 0 saturated heterocycles. The Kier molecular flexibility index (Phi) is 4.45. The Morgan fingerprint density at radius 2 is 1.70 bits per heavy atom. The topological polar surface area (TPSA) is 90.1 Å². The third-order valence-corrected chi connectivity index (χ3v) is 7.49. The van der Waals surface area contributed by atoms with Crippen LogP contribution in [0.25, 0.3) is 0 Å². The Morgan fingerprint density at radius 3 is 2.20 bits per heavy atom. The van der Waals surface area contributed by atoms with Crippen LogP contribution in [0.4, 0.5) is 5.69 Å². The van der Waals surface area contributed by atoms with Crippen LogP contribution < -0.4 is 5.32 Å². The number of hydrogen-bond donors (Lipinski definition) is 1. The van der Waals surface area contributed by atoms with E-state index in [1.807, 2.05) is 24.3 Å². The molecule has 1 aromatic heterocycles. The highest BCUT2D eigenvalue weighted by molar-refractivity contribution is 5.94. The van der Waals surface area contributed by atoms with Crippen LogP contribution in [0, 0.1) is 41.7 Å². The maximum atomic E-state index is 13.0. The summed E-state index contributed by atoms with van der Waals surface area (Å²) in [6.45, 7) is 3.81. The molecule has 0 unspecified atom stereocenters. The molecule has 4 fully saturated rings. The summed E-state index contributed by atoms with van der Waals surface area (Å²) in [6, 6.07) is 7.53. The fraction of sp³-hybridized carbons (Fsp3) is 0.565. The molecule has 1 heterocycles. The fourth-order valence-corrected chi connectivity index (χ4v) is 6.62. The van der Waals surface area contributed by atoms with E-state index < -0.39 is 0 Å². The number of carbonyl (C=O) groups excluding carboxylic acids is 1. The van der Waals surface area contributed by atoms with Crippen molar-refractivity contribution in [1.82, 2.24) is 15.1 Å². The van der Waals surface area contributed by atoms with Crippen molar-refractivity contribution in [3.05, 3.63) is 56.9 Å². The summed E-state index contributed by atoms with van der Waals surface area (Å²) in [5.74, 6) is 2.40. The minimum Gasteiger partial charge on any atom is -0.347 e. The lowest BCUT2D eigenvalue weighted by atomic mass is 9.53. The summed E-state index contributed by atoms with van der Waals surface area (Å²) < 4.78 is 1.65. The molecule has 7 nitrogen and oxygen atoms in total. The molecule has 4 saturated carbocycles. The van der Waals surface area contributed by atoms with Crippen molar-refractivity contribution in [2.24, 2.45) is 17.8 Å². The van der Waals surface area contributed by atoms with Gasteiger partial charge < -0.3 is 5.32 Å². The highest BCUT2D eigenvalue weighted by atomic mass is 16.6. The first kappa shape index (κ1) is 19.3. The fourth-order valence-electron chi connectivity index (χ4n) is 6.62. The summed E-state index contributed by atoms with van der Waals surface area (Å²) in [4.78, 5) is 23.8. The van der Waals surface area contributed by atoms with Gasteiger partial charge in [-0.3, -0.25) is 19.6 Å². The van der Waals surface area contributed by atoms with Gasteiger partial charge in [-0.15, -0.1) is 0 Å². The molecule has 158 valence electrons. The van der Waals surface area contributed by atoms with E-state index in [0.29, 0.717) is 23.5 Å². The molecule has 7 heteroatoms. The molecule has 1 aromatic carbocycles. The molecule has 1 amide bonds. The van der Waals surface area contributed by atoms with Crippen molar-refractivity contribution >= 4 is 11.6 Å². The second-order valence-corrected chi connectivity index (χ2v) is 9.78. The predicted molar refractivity (Wildman–Crippen MR) is 112 cm³/mol. The first-order chi connectivity index (χ1) is 14.3. The highest BCUT2D eigenvalue weighted by Gasteiger charge is 2.51.